The lowest BCUT2D eigenvalue weighted by atomic mass is 9.77. The van der Waals surface area contributed by atoms with Gasteiger partial charge in [-0.2, -0.15) is 0 Å². The lowest BCUT2D eigenvalue weighted by molar-refractivity contribution is 0.138. The molecular formula is C22H34F2. The molecule has 0 heterocycles. The Kier molecular flexibility index (Phi) is 8.77. The van der Waals surface area contributed by atoms with Gasteiger partial charge in [-0.3, -0.25) is 0 Å². The van der Waals surface area contributed by atoms with Crippen molar-refractivity contribution in [2.45, 2.75) is 96.3 Å². The van der Waals surface area contributed by atoms with Crippen LogP contribution in [0.2, 0.25) is 0 Å². The molecule has 0 amide bonds. The second kappa shape index (κ2) is 10.8. The Morgan fingerprint density at radius 1 is 0.917 bits per heavy atom. The average molecular weight is 337 g/mol. The first-order chi connectivity index (χ1) is 11.7. The van der Waals surface area contributed by atoms with Crippen molar-refractivity contribution < 1.29 is 8.78 Å². The SMILES string of the molecule is CCCCCCC[C@H]1CC[C@H](c2ccc(CCC(F)F)cc2)CC1. The number of aryl methyl sites for hydroxylation is 1. The van der Waals surface area contributed by atoms with Gasteiger partial charge in [-0.25, -0.2) is 8.78 Å². The van der Waals surface area contributed by atoms with Crippen LogP contribution in [0.15, 0.2) is 24.3 Å². The van der Waals surface area contributed by atoms with Gasteiger partial charge in [0.1, 0.15) is 0 Å². The molecule has 0 unspecified atom stereocenters. The van der Waals surface area contributed by atoms with E-state index in [2.05, 4.69) is 31.2 Å². The van der Waals surface area contributed by atoms with E-state index in [9.17, 15) is 8.78 Å². The van der Waals surface area contributed by atoms with E-state index in [0.717, 1.165) is 11.5 Å². The molecule has 1 aliphatic carbocycles. The van der Waals surface area contributed by atoms with Crippen molar-refractivity contribution in [1.82, 2.24) is 0 Å². The monoisotopic (exact) mass is 336 g/mol. The predicted octanol–water partition coefficient (Wildman–Crippen LogP) is 7.52. The van der Waals surface area contributed by atoms with Crippen molar-refractivity contribution in [3.8, 4) is 0 Å². The first-order valence-corrected chi connectivity index (χ1v) is 10.1. The van der Waals surface area contributed by atoms with Crippen LogP contribution in [0.3, 0.4) is 0 Å². The van der Waals surface area contributed by atoms with E-state index in [1.54, 1.807) is 0 Å². The highest BCUT2D eigenvalue weighted by Crippen LogP contribution is 2.37. The molecule has 1 fully saturated rings. The number of unbranched alkanes of at least 4 members (excludes halogenated alkanes) is 4. The molecular weight excluding hydrogens is 302 g/mol. The van der Waals surface area contributed by atoms with Gasteiger partial charge in [0.2, 0.25) is 6.43 Å². The Morgan fingerprint density at radius 3 is 2.21 bits per heavy atom. The van der Waals surface area contributed by atoms with Crippen LogP contribution in [0.5, 0.6) is 0 Å². The zero-order valence-corrected chi connectivity index (χ0v) is 15.3. The number of benzene rings is 1. The highest BCUT2D eigenvalue weighted by molar-refractivity contribution is 5.26. The van der Waals surface area contributed by atoms with E-state index in [4.69, 9.17) is 0 Å². The maximum absolute atomic E-state index is 12.3. The molecule has 0 aromatic heterocycles. The summed E-state index contributed by atoms with van der Waals surface area (Å²) in [6.45, 7) is 2.27. The summed E-state index contributed by atoms with van der Waals surface area (Å²) in [7, 11) is 0. The van der Waals surface area contributed by atoms with Gasteiger partial charge < -0.3 is 0 Å². The molecule has 0 aliphatic heterocycles. The normalized spacial score (nSPS) is 21.3. The Morgan fingerprint density at radius 2 is 1.58 bits per heavy atom. The summed E-state index contributed by atoms with van der Waals surface area (Å²) in [6, 6.07) is 8.46. The smallest absolute Gasteiger partial charge is 0.211 e. The molecule has 24 heavy (non-hydrogen) atoms. The van der Waals surface area contributed by atoms with Gasteiger partial charge in [-0.1, -0.05) is 69.7 Å². The largest absolute Gasteiger partial charge is 0.239 e. The van der Waals surface area contributed by atoms with Crippen LogP contribution in [0.25, 0.3) is 0 Å². The van der Waals surface area contributed by atoms with E-state index >= 15 is 0 Å². The van der Waals surface area contributed by atoms with Gasteiger partial charge in [-0.05, 0) is 55.1 Å². The van der Waals surface area contributed by atoms with Gasteiger partial charge in [-0.15, -0.1) is 0 Å². The summed E-state index contributed by atoms with van der Waals surface area (Å²) in [6.07, 6.45) is 12.0. The summed E-state index contributed by atoms with van der Waals surface area (Å²) in [4.78, 5) is 0. The molecule has 0 nitrogen and oxygen atoms in total. The quantitative estimate of drug-likeness (QED) is 0.388. The van der Waals surface area contributed by atoms with Crippen molar-refractivity contribution >= 4 is 0 Å². The zero-order valence-electron chi connectivity index (χ0n) is 15.3. The third-order valence-corrected chi connectivity index (χ3v) is 5.67. The minimum atomic E-state index is -2.19. The number of hydrogen-bond donors (Lipinski definition) is 0. The van der Waals surface area contributed by atoms with Gasteiger partial charge in [0.15, 0.2) is 0 Å². The van der Waals surface area contributed by atoms with Crippen LogP contribution >= 0.6 is 0 Å². The van der Waals surface area contributed by atoms with Gasteiger partial charge >= 0.3 is 0 Å². The first-order valence-electron chi connectivity index (χ1n) is 10.1. The van der Waals surface area contributed by atoms with E-state index in [-0.39, 0.29) is 6.42 Å². The molecule has 1 aromatic carbocycles. The molecule has 0 N–H and O–H groups in total. The number of halogens is 2. The zero-order chi connectivity index (χ0) is 17.2. The fourth-order valence-electron chi connectivity index (χ4n) is 4.05. The molecule has 0 spiro atoms. The molecule has 0 saturated heterocycles. The molecule has 2 rings (SSSR count). The Bertz CT molecular complexity index is 430. The molecule has 0 bridgehead atoms. The van der Waals surface area contributed by atoms with Crippen molar-refractivity contribution in [1.29, 1.82) is 0 Å². The fraction of sp³-hybridized carbons (Fsp3) is 0.727. The molecule has 2 heteroatoms. The van der Waals surface area contributed by atoms with Crippen molar-refractivity contribution in [3.05, 3.63) is 35.4 Å². The third kappa shape index (κ3) is 6.91. The molecule has 1 aliphatic rings. The summed E-state index contributed by atoms with van der Waals surface area (Å²) in [5.41, 5.74) is 2.46. The summed E-state index contributed by atoms with van der Waals surface area (Å²) in [5, 5.41) is 0. The van der Waals surface area contributed by atoms with Gasteiger partial charge in [0, 0.05) is 6.42 Å². The maximum Gasteiger partial charge on any atom is 0.239 e. The Labute approximate surface area is 147 Å². The molecule has 1 aromatic rings. The standard InChI is InChI=1S/C22H34F2/c1-2-3-4-5-6-7-18-8-13-20(14-9-18)21-15-10-19(11-16-21)12-17-22(23)24/h10-11,15-16,18,20,22H,2-9,12-14,17H2,1H3/t18-,20-. The maximum atomic E-state index is 12.3. The highest BCUT2D eigenvalue weighted by Gasteiger charge is 2.22. The lowest BCUT2D eigenvalue weighted by Crippen LogP contribution is -2.13. The summed E-state index contributed by atoms with van der Waals surface area (Å²) >= 11 is 0. The third-order valence-electron chi connectivity index (χ3n) is 5.67. The van der Waals surface area contributed by atoms with Gasteiger partial charge in [0.05, 0.1) is 0 Å². The van der Waals surface area contributed by atoms with Gasteiger partial charge in [0.25, 0.3) is 0 Å². The molecule has 1 saturated carbocycles. The Hall–Kier alpha value is -0.920. The first kappa shape index (κ1) is 19.4. The average Bonchev–Trinajstić information content (AvgIpc) is 2.61. The fourth-order valence-corrected chi connectivity index (χ4v) is 4.05. The summed E-state index contributed by atoms with van der Waals surface area (Å²) < 4.78 is 24.6. The van der Waals surface area contributed by atoms with E-state index in [1.165, 1.54) is 69.8 Å². The van der Waals surface area contributed by atoms with Crippen LogP contribution in [0, 0.1) is 5.92 Å². The summed E-state index contributed by atoms with van der Waals surface area (Å²) in [5.74, 6) is 1.62. The van der Waals surface area contributed by atoms with Crippen LogP contribution in [-0.2, 0) is 6.42 Å². The van der Waals surface area contributed by atoms with Crippen LogP contribution in [-0.4, -0.2) is 6.43 Å². The minimum absolute atomic E-state index is 0.0251. The predicted molar refractivity (Wildman–Crippen MR) is 98.8 cm³/mol. The van der Waals surface area contributed by atoms with Crippen LogP contribution < -0.4 is 0 Å². The second-order valence-electron chi connectivity index (χ2n) is 7.59. The molecule has 0 atom stereocenters. The van der Waals surface area contributed by atoms with E-state index < -0.39 is 6.43 Å². The number of hydrogen-bond acceptors (Lipinski definition) is 0. The number of rotatable bonds is 10. The lowest BCUT2D eigenvalue weighted by Gasteiger charge is -2.29. The van der Waals surface area contributed by atoms with E-state index in [1.807, 2.05) is 0 Å². The molecule has 136 valence electrons. The minimum Gasteiger partial charge on any atom is -0.211 e. The number of alkyl halides is 2. The van der Waals surface area contributed by atoms with Crippen molar-refractivity contribution in [3.63, 3.8) is 0 Å². The van der Waals surface area contributed by atoms with Crippen LogP contribution in [0.4, 0.5) is 8.78 Å². The molecule has 0 radical (unpaired) electrons. The topological polar surface area (TPSA) is 0 Å². The second-order valence-corrected chi connectivity index (χ2v) is 7.59. The van der Waals surface area contributed by atoms with E-state index in [0.29, 0.717) is 12.3 Å². The van der Waals surface area contributed by atoms with Crippen LogP contribution in [0.1, 0.15) is 94.6 Å². The highest BCUT2D eigenvalue weighted by atomic mass is 19.3. The Balaban J connectivity index is 1.68. The van der Waals surface area contributed by atoms with Crippen molar-refractivity contribution in [2.24, 2.45) is 5.92 Å². The van der Waals surface area contributed by atoms with Crippen molar-refractivity contribution in [2.75, 3.05) is 0 Å².